The van der Waals surface area contributed by atoms with Crippen molar-refractivity contribution in [2.45, 2.75) is 39.4 Å². The predicted molar refractivity (Wildman–Crippen MR) is 135 cm³/mol. The van der Waals surface area contributed by atoms with Crippen LogP contribution in [0.25, 0.3) is 11.0 Å². The summed E-state index contributed by atoms with van der Waals surface area (Å²) in [6, 6.07) is 17.3. The lowest BCUT2D eigenvalue weighted by Crippen LogP contribution is -2.44. The third kappa shape index (κ3) is 5.91. The molecule has 2 heterocycles. The van der Waals surface area contributed by atoms with E-state index < -0.39 is 6.04 Å². The Hall–Kier alpha value is -4.14. The van der Waals surface area contributed by atoms with Gasteiger partial charge >= 0.3 is 0 Å². The van der Waals surface area contributed by atoms with Crippen LogP contribution in [0.15, 0.2) is 71.3 Å². The Balaban J connectivity index is 1.66. The summed E-state index contributed by atoms with van der Waals surface area (Å²) in [5.41, 5.74) is 2.28. The van der Waals surface area contributed by atoms with Gasteiger partial charge in [-0.05, 0) is 54.3 Å². The van der Waals surface area contributed by atoms with E-state index in [1.165, 1.54) is 11.2 Å². The highest BCUT2D eigenvalue weighted by molar-refractivity contribution is 5.88. The highest BCUT2D eigenvalue weighted by Gasteiger charge is 2.34. The molecule has 188 valence electrons. The van der Waals surface area contributed by atoms with Crippen molar-refractivity contribution in [2.24, 2.45) is 5.92 Å². The van der Waals surface area contributed by atoms with Gasteiger partial charge in [-0.3, -0.25) is 9.59 Å². The van der Waals surface area contributed by atoms with Crippen molar-refractivity contribution in [2.75, 3.05) is 13.7 Å². The van der Waals surface area contributed by atoms with Gasteiger partial charge in [-0.15, -0.1) is 5.10 Å². The van der Waals surface area contributed by atoms with Gasteiger partial charge in [0.2, 0.25) is 5.91 Å². The van der Waals surface area contributed by atoms with Crippen LogP contribution in [-0.2, 0) is 22.7 Å². The van der Waals surface area contributed by atoms with Crippen LogP contribution < -0.4 is 10.1 Å². The molecule has 0 fully saturated rings. The van der Waals surface area contributed by atoms with Crippen LogP contribution in [0.4, 0.5) is 0 Å². The number of benzene rings is 2. The standard InChI is InChI=1S/C27H31N5O4/c1-19(2)14-15-28-27(34)26(24-9-6-16-36-24)31(17-20-10-12-21(35-3)13-11-20)25(33)18-32-23-8-5-4-7-22(23)29-30-32/h4-13,16,19,26H,14-15,17-18H2,1-3H3,(H,28,34). The number of nitrogens with one attached hydrogen (secondary N) is 1. The number of carbonyl (C=O) groups is 2. The quantitative estimate of drug-likeness (QED) is 0.342. The van der Waals surface area contributed by atoms with Gasteiger partial charge in [0.25, 0.3) is 5.91 Å². The van der Waals surface area contributed by atoms with Crippen LogP contribution in [-0.4, -0.2) is 45.4 Å². The van der Waals surface area contributed by atoms with Gasteiger partial charge in [0.1, 0.15) is 23.6 Å². The van der Waals surface area contributed by atoms with Gasteiger partial charge in [0.15, 0.2) is 6.04 Å². The molecule has 0 aliphatic carbocycles. The Bertz CT molecular complexity index is 1280. The number of nitrogens with zero attached hydrogens (tertiary/aromatic N) is 4. The zero-order chi connectivity index (χ0) is 25.5. The second-order valence-electron chi connectivity index (χ2n) is 9.00. The molecular weight excluding hydrogens is 458 g/mol. The average molecular weight is 490 g/mol. The number of hydrogen-bond acceptors (Lipinski definition) is 6. The molecule has 0 radical (unpaired) electrons. The van der Waals surface area contributed by atoms with Crippen molar-refractivity contribution in [3.05, 3.63) is 78.3 Å². The van der Waals surface area contributed by atoms with Gasteiger partial charge in [-0.1, -0.05) is 43.3 Å². The second-order valence-corrected chi connectivity index (χ2v) is 9.00. The first kappa shape index (κ1) is 25.0. The molecule has 2 amide bonds. The number of fused-ring (bicyclic) bond motifs is 1. The molecule has 1 N–H and O–H groups in total. The highest BCUT2D eigenvalue weighted by atomic mass is 16.5. The van der Waals surface area contributed by atoms with E-state index in [4.69, 9.17) is 9.15 Å². The summed E-state index contributed by atoms with van der Waals surface area (Å²) in [5, 5.41) is 11.3. The van der Waals surface area contributed by atoms with Crippen molar-refractivity contribution in [3.8, 4) is 5.75 Å². The van der Waals surface area contributed by atoms with Crippen molar-refractivity contribution in [3.63, 3.8) is 0 Å². The van der Waals surface area contributed by atoms with Crippen LogP contribution in [0.5, 0.6) is 5.75 Å². The smallest absolute Gasteiger partial charge is 0.250 e. The Morgan fingerprint density at radius 1 is 1.08 bits per heavy atom. The minimum absolute atomic E-state index is 0.0762. The summed E-state index contributed by atoms with van der Waals surface area (Å²) >= 11 is 0. The minimum atomic E-state index is -0.948. The first-order chi connectivity index (χ1) is 17.5. The molecule has 4 rings (SSSR count). The fourth-order valence-corrected chi connectivity index (χ4v) is 3.96. The maximum absolute atomic E-state index is 13.8. The Morgan fingerprint density at radius 2 is 1.86 bits per heavy atom. The van der Waals surface area contributed by atoms with E-state index in [2.05, 4.69) is 29.5 Å². The molecule has 9 nitrogen and oxygen atoms in total. The van der Waals surface area contributed by atoms with E-state index in [1.54, 1.807) is 23.9 Å². The lowest BCUT2D eigenvalue weighted by Gasteiger charge is -2.30. The van der Waals surface area contributed by atoms with Gasteiger partial charge in [-0.2, -0.15) is 0 Å². The molecule has 4 aromatic rings. The maximum atomic E-state index is 13.8. The lowest BCUT2D eigenvalue weighted by atomic mass is 10.1. The molecule has 0 saturated heterocycles. The SMILES string of the molecule is COc1ccc(CN(C(=O)Cn2nnc3ccccc32)C(C(=O)NCCC(C)C)c2ccco2)cc1. The van der Waals surface area contributed by atoms with Crippen LogP contribution in [0, 0.1) is 5.92 Å². The third-order valence-corrected chi connectivity index (χ3v) is 5.93. The summed E-state index contributed by atoms with van der Waals surface area (Å²) in [7, 11) is 1.60. The van der Waals surface area contributed by atoms with Gasteiger partial charge in [0.05, 0.1) is 18.9 Å². The molecule has 0 spiro atoms. The monoisotopic (exact) mass is 489 g/mol. The molecule has 36 heavy (non-hydrogen) atoms. The number of ether oxygens (including phenoxy) is 1. The number of para-hydroxylation sites is 1. The largest absolute Gasteiger partial charge is 0.497 e. The second kappa shape index (κ2) is 11.5. The Kier molecular flexibility index (Phi) is 7.99. The predicted octanol–water partition coefficient (Wildman–Crippen LogP) is 3.97. The minimum Gasteiger partial charge on any atom is -0.497 e. The number of methoxy groups -OCH3 is 1. The zero-order valence-electron chi connectivity index (χ0n) is 20.8. The molecular formula is C27H31N5O4. The van der Waals surface area contributed by atoms with Crippen LogP contribution in [0.3, 0.4) is 0 Å². The maximum Gasteiger partial charge on any atom is 0.250 e. The Labute approximate surface area is 210 Å². The van der Waals surface area contributed by atoms with E-state index in [1.807, 2.05) is 48.5 Å². The molecule has 0 bridgehead atoms. The first-order valence-electron chi connectivity index (χ1n) is 12.0. The molecule has 9 heteroatoms. The molecule has 1 unspecified atom stereocenters. The van der Waals surface area contributed by atoms with Crippen LogP contribution in [0.2, 0.25) is 0 Å². The molecule has 1 atom stereocenters. The fourth-order valence-electron chi connectivity index (χ4n) is 3.96. The summed E-state index contributed by atoms with van der Waals surface area (Å²) in [6.45, 7) is 4.81. The van der Waals surface area contributed by atoms with Crippen molar-refractivity contribution < 1.29 is 18.7 Å². The normalized spacial score (nSPS) is 12.0. The topological polar surface area (TPSA) is 102 Å². The molecule has 0 aliphatic rings. The lowest BCUT2D eigenvalue weighted by molar-refractivity contribution is -0.143. The summed E-state index contributed by atoms with van der Waals surface area (Å²) < 4.78 is 12.5. The number of rotatable bonds is 11. The van der Waals surface area contributed by atoms with Gasteiger partial charge in [0, 0.05) is 13.1 Å². The van der Waals surface area contributed by atoms with Gasteiger partial charge in [-0.25, -0.2) is 4.68 Å². The number of hydrogen-bond donors (Lipinski definition) is 1. The number of furan rings is 1. The van der Waals surface area contributed by atoms with E-state index in [-0.39, 0.29) is 24.9 Å². The zero-order valence-corrected chi connectivity index (χ0v) is 20.8. The number of amides is 2. The summed E-state index contributed by atoms with van der Waals surface area (Å²) in [5.74, 6) is 0.949. The van der Waals surface area contributed by atoms with E-state index in [0.29, 0.717) is 29.5 Å². The first-order valence-corrected chi connectivity index (χ1v) is 12.0. The highest BCUT2D eigenvalue weighted by Crippen LogP contribution is 2.26. The Morgan fingerprint density at radius 3 is 2.56 bits per heavy atom. The number of carbonyl (C=O) groups excluding carboxylic acids is 2. The molecule has 0 aliphatic heterocycles. The van der Waals surface area contributed by atoms with E-state index >= 15 is 0 Å². The number of aromatic nitrogens is 3. The summed E-state index contributed by atoms with van der Waals surface area (Å²) in [6.07, 6.45) is 2.33. The van der Waals surface area contributed by atoms with Crippen molar-refractivity contribution in [1.29, 1.82) is 0 Å². The van der Waals surface area contributed by atoms with E-state index in [9.17, 15) is 9.59 Å². The van der Waals surface area contributed by atoms with Crippen LogP contribution >= 0.6 is 0 Å². The molecule has 2 aromatic heterocycles. The third-order valence-electron chi connectivity index (χ3n) is 5.93. The van der Waals surface area contributed by atoms with Gasteiger partial charge < -0.3 is 19.4 Å². The average Bonchev–Trinajstić information content (AvgIpc) is 3.54. The van der Waals surface area contributed by atoms with Crippen molar-refractivity contribution >= 4 is 22.8 Å². The molecule has 0 saturated carbocycles. The van der Waals surface area contributed by atoms with Crippen LogP contribution in [0.1, 0.15) is 37.6 Å². The summed E-state index contributed by atoms with van der Waals surface area (Å²) in [4.78, 5) is 28.8. The van der Waals surface area contributed by atoms with E-state index in [0.717, 1.165) is 17.5 Å². The fraction of sp³-hybridized carbons (Fsp3) is 0.333. The molecule has 2 aromatic carbocycles. The van der Waals surface area contributed by atoms with Crippen molar-refractivity contribution in [1.82, 2.24) is 25.2 Å².